The summed E-state index contributed by atoms with van der Waals surface area (Å²) in [4.78, 5) is 29.0. The lowest BCUT2D eigenvalue weighted by Crippen LogP contribution is -2.48. The van der Waals surface area contributed by atoms with Crippen LogP contribution in [0.5, 0.6) is 17.2 Å². The van der Waals surface area contributed by atoms with Crippen molar-refractivity contribution in [1.29, 1.82) is 0 Å². The Morgan fingerprint density at radius 1 is 1.18 bits per heavy atom. The molecule has 1 saturated heterocycles. The SMILES string of the molecule is C=C(C)c1ccc(O[C@H]2[C@H](C)OC(O)[C@@H](NC(=O)c3nccc(OC)c3OC(C)=O)CCC[C@@H]2OCCC)cc1. The molecule has 0 radical (unpaired) electrons. The first-order valence-electron chi connectivity index (χ1n) is 13.5. The summed E-state index contributed by atoms with van der Waals surface area (Å²) >= 11 is 0. The molecule has 10 nitrogen and oxygen atoms in total. The van der Waals surface area contributed by atoms with Crippen molar-refractivity contribution in [3.05, 3.63) is 54.4 Å². The average molecular weight is 557 g/mol. The molecule has 2 N–H and O–H groups in total. The van der Waals surface area contributed by atoms with E-state index in [1.54, 1.807) is 0 Å². The van der Waals surface area contributed by atoms with Crippen LogP contribution in [0.3, 0.4) is 0 Å². The number of rotatable bonds is 10. The van der Waals surface area contributed by atoms with Gasteiger partial charge in [-0.2, -0.15) is 0 Å². The Labute approximate surface area is 235 Å². The van der Waals surface area contributed by atoms with Gasteiger partial charge >= 0.3 is 5.97 Å². The maximum atomic E-state index is 13.2. The van der Waals surface area contributed by atoms with E-state index in [1.807, 2.05) is 45.0 Å². The number of benzene rings is 1. The Morgan fingerprint density at radius 2 is 1.90 bits per heavy atom. The summed E-state index contributed by atoms with van der Waals surface area (Å²) in [6.07, 6.45) is 1.12. The van der Waals surface area contributed by atoms with Crippen molar-refractivity contribution in [3.63, 3.8) is 0 Å². The van der Waals surface area contributed by atoms with Crippen molar-refractivity contribution in [2.24, 2.45) is 0 Å². The quantitative estimate of drug-likeness (QED) is 0.412. The minimum atomic E-state index is -1.34. The number of carbonyl (C=O) groups is 2. The number of amides is 1. The number of nitrogens with one attached hydrogen (secondary N) is 1. The van der Waals surface area contributed by atoms with Crippen LogP contribution in [0.4, 0.5) is 0 Å². The topological polar surface area (TPSA) is 125 Å². The van der Waals surface area contributed by atoms with Crippen LogP contribution in [0, 0.1) is 0 Å². The molecule has 1 unspecified atom stereocenters. The highest BCUT2D eigenvalue weighted by molar-refractivity contribution is 5.96. The molecule has 40 heavy (non-hydrogen) atoms. The summed E-state index contributed by atoms with van der Waals surface area (Å²) in [6, 6.07) is 8.35. The van der Waals surface area contributed by atoms with E-state index in [0.29, 0.717) is 31.6 Å². The van der Waals surface area contributed by atoms with Crippen molar-refractivity contribution in [1.82, 2.24) is 10.3 Å². The third kappa shape index (κ3) is 8.27. The predicted octanol–water partition coefficient (Wildman–Crippen LogP) is 4.30. The molecule has 1 aromatic carbocycles. The summed E-state index contributed by atoms with van der Waals surface area (Å²) in [6.45, 7) is 11.5. The second-order valence-electron chi connectivity index (χ2n) is 9.82. The molecule has 2 heterocycles. The fraction of sp³-hybridized carbons (Fsp3) is 0.500. The molecule has 0 aliphatic carbocycles. The van der Waals surface area contributed by atoms with Gasteiger partial charge < -0.3 is 34.1 Å². The van der Waals surface area contributed by atoms with E-state index >= 15 is 0 Å². The lowest BCUT2D eigenvalue weighted by atomic mass is 10.0. The zero-order valence-corrected chi connectivity index (χ0v) is 23.8. The monoisotopic (exact) mass is 556 g/mol. The van der Waals surface area contributed by atoms with Gasteiger partial charge in [-0.1, -0.05) is 31.2 Å². The van der Waals surface area contributed by atoms with Crippen molar-refractivity contribution in [2.75, 3.05) is 13.7 Å². The van der Waals surface area contributed by atoms with Gasteiger partial charge in [0.25, 0.3) is 5.91 Å². The molecule has 1 aliphatic rings. The van der Waals surface area contributed by atoms with E-state index in [1.165, 1.54) is 26.3 Å². The lowest BCUT2D eigenvalue weighted by molar-refractivity contribution is -0.181. The number of aliphatic hydroxyl groups is 1. The summed E-state index contributed by atoms with van der Waals surface area (Å²) < 4.78 is 29.0. The summed E-state index contributed by atoms with van der Waals surface area (Å²) in [7, 11) is 1.39. The van der Waals surface area contributed by atoms with Crippen molar-refractivity contribution < 1.29 is 38.4 Å². The number of esters is 1. The minimum absolute atomic E-state index is 0.0963. The van der Waals surface area contributed by atoms with Crippen LogP contribution in [-0.2, 0) is 14.3 Å². The average Bonchev–Trinajstić information content (AvgIpc) is 2.97. The number of allylic oxidation sites excluding steroid dienone is 1. The summed E-state index contributed by atoms with van der Waals surface area (Å²) in [5, 5.41) is 13.8. The van der Waals surface area contributed by atoms with Gasteiger partial charge in [-0.05, 0) is 57.2 Å². The second kappa shape index (κ2) is 14.8. The van der Waals surface area contributed by atoms with Crippen LogP contribution in [-0.4, -0.2) is 66.3 Å². The fourth-order valence-electron chi connectivity index (χ4n) is 4.51. The van der Waals surface area contributed by atoms with Crippen LogP contribution < -0.4 is 19.5 Å². The number of hydrogen-bond donors (Lipinski definition) is 2. The van der Waals surface area contributed by atoms with Gasteiger partial charge in [-0.25, -0.2) is 4.98 Å². The van der Waals surface area contributed by atoms with Crippen molar-refractivity contribution >= 4 is 17.4 Å². The van der Waals surface area contributed by atoms with Gasteiger partial charge in [-0.3, -0.25) is 9.59 Å². The zero-order chi connectivity index (χ0) is 29.2. The number of aromatic nitrogens is 1. The second-order valence-corrected chi connectivity index (χ2v) is 9.82. The Hall–Kier alpha value is -3.47. The van der Waals surface area contributed by atoms with Crippen molar-refractivity contribution in [3.8, 4) is 17.2 Å². The number of aliphatic hydroxyl groups excluding tert-OH is 1. The Morgan fingerprint density at radius 3 is 2.52 bits per heavy atom. The molecule has 1 aromatic heterocycles. The van der Waals surface area contributed by atoms with Crippen LogP contribution >= 0.6 is 0 Å². The Balaban J connectivity index is 1.80. The van der Waals surface area contributed by atoms with Gasteiger partial charge in [0.1, 0.15) is 5.75 Å². The molecule has 1 fully saturated rings. The Kier molecular flexibility index (Phi) is 11.5. The highest BCUT2D eigenvalue weighted by Gasteiger charge is 2.36. The van der Waals surface area contributed by atoms with E-state index in [4.69, 9.17) is 23.7 Å². The largest absolute Gasteiger partial charge is 0.493 e. The van der Waals surface area contributed by atoms with Crippen LogP contribution in [0.25, 0.3) is 5.57 Å². The lowest BCUT2D eigenvalue weighted by Gasteiger charge is -2.33. The summed E-state index contributed by atoms with van der Waals surface area (Å²) in [5.74, 6) is -0.531. The third-order valence-electron chi connectivity index (χ3n) is 6.55. The Bertz CT molecular complexity index is 1150. The smallest absolute Gasteiger partial charge is 0.308 e. The first-order valence-corrected chi connectivity index (χ1v) is 13.5. The number of hydrogen-bond acceptors (Lipinski definition) is 9. The van der Waals surface area contributed by atoms with Crippen LogP contribution in [0.2, 0.25) is 0 Å². The van der Waals surface area contributed by atoms with Gasteiger partial charge in [0, 0.05) is 25.8 Å². The van der Waals surface area contributed by atoms with Gasteiger partial charge in [0.05, 0.1) is 25.4 Å². The number of methoxy groups -OCH3 is 1. The van der Waals surface area contributed by atoms with Crippen LogP contribution in [0.1, 0.15) is 69.4 Å². The maximum absolute atomic E-state index is 13.2. The maximum Gasteiger partial charge on any atom is 0.308 e. The zero-order valence-electron chi connectivity index (χ0n) is 23.8. The molecule has 1 amide bonds. The predicted molar refractivity (Wildman–Crippen MR) is 149 cm³/mol. The highest BCUT2D eigenvalue weighted by Crippen LogP contribution is 2.30. The normalized spacial score (nSPS) is 23.2. The molecule has 0 spiro atoms. The minimum Gasteiger partial charge on any atom is -0.493 e. The number of pyridine rings is 1. The number of carbonyl (C=O) groups excluding carboxylic acids is 2. The molecule has 3 rings (SSSR count). The van der Waals surface area contributed by atoms with E-state index < -0.39 is 36.4 Å². The van der Waals surface area contributed by atoms with Crippen LogP contribution in [0.15, 0.2) is 43.1 Å². The van der Waals surface area contributed by atoms with Gasteiger partial charge in [-0.15, -0.1) is 0 Å². The van der Waals surface area contributed by atoms with Crippen molar-refractivity contribution in [2.45, 2.75) is 84.0 Å². The standard InChI is InChI=1S/C30H40N2O8/c1-7-17-37-25-10-8-9-23(32-29(34)26-28(39-20(5)33)24(36-6)15-16-31-26)30(35)38-19(4)27(25)40-22-13-11-21(12-14-22)18(2)3/h11-16,19,23,25,27,30,35H,2,7-10,17H2,1,3-6H3,(H,32,34)/t19-,23-,25-,27-,30?/m0/s1. The molecule has 0 bridgehead atoms. The first kappa shape index (κ1) is 31.1. The molecule has 1 aliphatic heterocycles. The fourth-order valence-corrected chi connectivity index (χ4v) is 4.51. The summed E-state index contributed by atoms with van der Waals surface area (Å²) in [5.41, 5.74) is 1.83. The third-order valence-corrected chi connectivity index (χ3v) is 6.55. The number of nitrogens with zero attached hydrogens (tertiary/aromatic N) is 1. The van der Waals surface area contributed by atoms with E-state index in [2.05, 4.69) is 16.9 Å². The molecule has 2 aromatic rings. The molecule has 0 saturated carbocycles. The van der Waals surface area contributed by atoms with Gasteiger partial charge in [0.2, 0.25) is 5.75 Å². The van der Waals surface area contributed by atoms with E-state index in [-0.39, 0.29) is 23.3 Å². The van der Waals surface area contributed by atoms with Gasteiger partial charge in [0.15, 0.2) is 23.8 Å². The molecular weight excluding hydrogens is 516 g/mol. The first-order chi connectivity index (χ1) is 19.1. The number of ether oxygens (including phenoxy) is 5. The van der Waals surface area contributed by atoms with E-state index in [0.717, 1.165) is 17.6 Å². The highest BCUT2D eigenvalue weighted by atomic mass is 16.6. The molecule has 10 heteroatoms. The molecule has 5 atom stereocenters. The van der Waals surface area contributed by atoms with E-state index in [9.17, 15) is 14.7 Å². The molecular formula is C30H40N2O8. The molecule has 218 valence electrons.